The highest BCUT2D eigenvalue weighted by molar-refractivity contribution is 9.10. The highest BCUT2D eigenvalue weighted by Crippen LogP contribution is 2.44. The van der Waals surface area contributed by atoms with Gasteiger partial charge in [-0.1, -0.05) is 52.8 Å². The largest absolute Gasteiger partial charge is 0.494 e. The van der Waals surface area contributed by atoms with E-state index >= 15 is 0 Å². The zero-order valence-electron chi connectivity index (χ0n) is 17.3. The van der Waals surface area contributed by atoms with Crippen molar-refractivity contribution in [1.82, 2.24) is 15.2 Å². The van der Waals surface area contributed by atoms with Crippen molar-refractivity contribution in [3.63, 3.8) is 0 Å². The van der Waals surface area contributed by atoms with Gasteiger partial charge in [-0.2, -0.15) is 4.98 Å². The molecule has 1 amide bonds. The van der Waals surface area contributed by atoms with E-state index in [1.807, 2.05) is 56.3 Å². The number of carbonyl (C=O) groups is 1. The molecule has 0 N–H and O–H groups in total. The number of carbonyl (C=O) groups excluding carboxylic acids is 1. The second kappa shape index (κ2) is 9.23. The van der Waals surface area contributed by atoms with Gasteiger partial charge in [-0.25, -0.2) is 0 Å². The van der Waals surface area contributed by atoms with Gasteiger partial charge in [-0.3, -0.25) is 9.69 Å². The molecule has 1 aliphatic heterocycles. The molecule has 0 fully saturated rings. The van der Waals surface area contributed by atoms with Gasteiger partial charge in [-0.15, -0.1) is 10.2 Å². The van der Waals surface area contributed by atoms with Gasteiger partial charge in [0.1, 0.15) is 5.75 Å². The molecule has 0 saturated carbocycles. The SMILES string of the molecule is CCOc1ccc(Br)c(C2Oc3nc(SCC)nnc3-c3ccccc3N2C(C)=O)c1. The van der Waals surface area contributed by atoms with Crippen LogP contribution < -0.4 is 14.4 Å². The minimum atomic E-state index is -0.772. The third-order valence-electron chi connectivity index (χ3n) is 4.67. The molecule has 160 valence electrons. The van der Waals surface area contributed by atoms with Crippen LogP contribution in [0.1, 0.15) is 32.6 Å². The Hall–Kier alpha value is -2.65. The van der Waals surface area contributed by atoms with Gasteiger partial charge in [0, 0.05) is 22.5 Å². The average Bonchev–Trinajstić information content (AvgIpc) is 2.90. The first-order chi connectivity index (χ1) is 15.0. The molecular weight excluding hydrogens is 480 g/mol. The van der Waals surface area contributed by atoms with E-state index in [9.17, 15) is 4.79 Å². The standard InChI is InChI=1S/C22H21BrN4O3S/c1-4-29-14-10-11-17(23)16(12-14)21-27(13(3)28)18-9-7-6-8-15(18)19-20(30-21)24-22(26-25-19)31-5-2/h6-12,21H,4-5H2,1-3H3. The maximum absolute atomic E-state index is 12.9. The third kappa shape index (κ3) is 4.24. The van der Waals surface area contributed by atoms with E-state index in [1.54, 1.807) is 4.90 Å². The fraction of sp³-hybridized carbons (Fsp3) is 0.273. The Morgan fingerprint density at radius 3 is 2.77 bits per heavy atom. The lowest BCUT2D eigenvalue weighted by Crippen LogP contribution is -2.36. The van der Waals surface area contributed by atoms with Crippen LogP contribution in [0.2, 0.25) is 0 Å². The van der Waals surface area contributed by atoms with Gasteiger partial charge in [0.25, 0.3) is 0 Å². The Morgan fingerprint density at radius 2 is 2.03 bits per heavy atom. The molecule has 0 spiro atoms. The van der Waals surface area contributed by atoms with Crippen molar-refractivity contribution in [2.24, 2.45) is 0 Å². The molecule has 31 heavy (non-hydrogen) atoms. The number of amides is 1. The Labute approximate surface area is 193 Å². The summed E-state index contributed by atoms with van der Waals surface area (Å²) in [5, 5.41) is 9.16. The van der Waals surface area contributed by atoms with Gasteiger partial charge in [0.05, 0.1) is 12.3 Å². The van der Waals surface area contributed by atoms with Gasteiger partial charge < -0.3 is 9.47 Å². The molecule has 4 rings (SSSR count). The van der Waals surface area contributed by atoms with E-state index in [-0.39, 0.29) is 5.91 Å². The second-order valence-corrected chi connectivity index (χ2v) is 8.76. The smallest absolute Gasteiger partial charge is 0.247 e. The van der Waals surface area contributed by atoms with Crippen molar-refractivity contribution in [2.45, 2.75) is 32.2 Å². The van der Waals surface area contributed by atoms with Crippen LogP contribution in [0.15, 0.2) is 52.1 Å². The summed E-state index contributed by atoms with van der Waals surface area (Å²) in [6.07, 6.45) is -0.772. The fourth-order valence-electron chi connectivity index (χ4n) is 3.41. The van der Waals surface area contributed by atoms with E-state index in [0.29, 0.717) is 34.8 Å². The molecule has 7 nitrogen and oxygen atoms in total. The van der Waals surface area contributed by atoms with E-state index in [2.05, 4.69) is 31.1 Å². The van der Waals surface area contributed by atoms with Crippen LogP contribution in [0.5, 0.6) is 11.6 Å². The number of nitrogens with zero attached hydrogens (tertiary/aromatic N) is 4. The van der Waals surface area contributed by atoms with Gasteiger partial charge in [-0.05, 0) is 36.9 Å². The molecule has 0 aliphatic carbocycles. The zero-order chi connectivity index (χ0) is 22.0. The van der Waals surface area contributed by atoms with Crippen LogP contribution in [0, 0.1) is 0 Å². The number of halogens is 1. The summed E-state index contributed by atoms with van der Waals surface area (Å²) < 4.78 is 12.9. The molecule has 0 bridgehead atoms. The predicted octanol–water partition coefficient (Wildman–Crippen LogP) is 5.26. The quantitative estimate of drug-likeness (QED) is 0.442. The Balaban J connectivity index is 1.94. The number of ether oxygens (including phenoxy) is 2. The van der Waals surface area contributed by atoms with Crippen molar-refractivity contribution >= 4 is 39.3 Å². The molecule has 9 heteroatoms. The molecule has 2 aromatic carbocycles. The minimum absolute atomic E-state index is 0.171. The van der Waals surface area contributed by atoms with Crippen molar-refractivity contribution in [3.8, 4) is 22.9 Å². The van der Waals surface area contributed by atoms with Gasteiger partial charge in [0.15, 0.2) is 5.69 Å². The molecule has 1 aromatic heterocycles. The van der Waals surface area contributed by atoms with E-state index < -0.39 is 6.23 Å². The second-order valence-electron chi connectivity index (χ2n) is 6.67. The third-order valence-corrected chi connectivity index (χ3v) is 6.11. The Bertz CT molecular complexity index is 1130. The monoisotopic (exact) mass is 500 g/mol. The number of benzene rings is 2. The number of hydrogen-bond acceptors (Lipinski definition) is 7. The lowest BCUT2D eigenvalue weighted by atomic mass is 10.1. The number of hydrogen-bond donors (Lipinski definition) is 0. The van der Waals surface area contributed by atoms with Crippen LogP contribution >= 0.6 is 27.7 Å². The summed E-state index contributed by atoms with van der Waals surface area (Å²) in [6.45, 7) is 5.99. The predicted molar refractivity (Wildman–Crippen MR) is 124 cm³/mol. The summed E-state index contributed by atoms with van der Waals surface area (Å²) in [7, 11) is 0. The fourth-order valence-corrected chi connectivity index (χ4v) is 4.36. The lowest BCUT2D eigenvalue weighted by molar-refractivity contribution is -0.118. The molecule has 3 aromatic rings. The number of fused-ring (bicyclic) bond motifs is 3. The topological polar surface area (TPSA) is 77.4 Å². The van der Waals surface area contributed by atoms with Gasteiger partial charge in [0.2, 0.25) is 23.2 Å². The molecular formula is C22H21BrN4O3S. The van der Waals surface area contributed by atoms with E-state index in [1.165, 1.54) is 18.7 Å². The lowest BCUT2D eigenvalue weighted by Gasteiger charge is -2.30. The molecule has 0 saturated heterocycles. The highest BCUT2D eigenvalue weighted by Gasteiger charge is 2.35. The first kappa shape index (κ1) is 21.6. The van der Waals surface area contributed by atoms with Crippen molar-refractivity contribution in [2.75, 3.05) is 17.3 Å². The number of aromatic nitrogens is 3. The summed E-state index contributed by atoms with van der Waals surface area (Å²) in [5.74, 6) is 1.66. The van der Waals surface area contributed by atoms with Crippen LogP contribution in [-0.2, 0) is 4.79 Å². The van der Waals surface area contributed by atoms with Crippen molar-refractivity contribution in [3.05, 3.63) is 52.5 Å². The first-order valence-corrected chi connectivity index (χ1v) is 11.7. The summed E-state index contributed by atoms with van der Waals surface area (Å²) in [5.41, 5.74) is 2.66. The van der Waals surface area contributed by atoms with Crippen LogP contribution in [0.4, 0.5) is 5.69 Å². The molecule has 1 unspecified atom stereocenters. The summed E-state index contributed by atoms with van der Waals surface area (Å²) in [4.78, 5) is 19.1. The van der Waals surface area contributed by atoms with E-state index in [4.69, 9.17) is 9.47 Å². The summed E-state index contributed by atoms with van der Waals surface area (Å²) in [6, 6.07) is 13.2. The van der Waals surface area contributed by atoms with Crippen molar-refractivity contribution < 1.29 is 14.3 Å². The Kier molecular flexibility index (Phi) is 6.43. The van der Waals surface area contributed by atoms with E-state index in [0.717, 1.165) is 21.4 Å². The van der Waals surface area contributed by atoms with Gasteiger partial charge >= 0.3 is 0 Å². The minimum Gasteiger partial charge on any atom is -0.494 e. The highest BCUT2D eigenvalue weighted by atomic mass is 79.9. The normalized spacial score (nSPS) is 14.8. The average molecular weight is 501 g/mol. The van der Waals surface area contributed by atoms with Crippen LogP contribution in [0.25, 0.3) is 11.3 Å². The summed E-state index contributed by atoms with van der Waals surface area (Å²) >= 11 is 5.09. The number of rotatable bonds is 5. The van der Waals surface area contributed by atoms with Crippen molar-refractivity contribution in [1.29, 1.82) is 0 Å². The first-order valence-electron chi connectivity index (χ1n) is 9.89. The van der Waals surface area contributed by atoms with Crippen LogP contribution in [-0.4, -0.2) is 33.4 Å². The number of thioether (sulfide) groups is 1. The molecule has 0 radical (unpaired) electrons. The molecule has 2 heterocycles. The Morgan fingerprint density at radius 1 is 1.23 bits per heavy atom. The maximum atomic E-state index is 12.9. The molecule has 1 aliphatic rings. The zero-order valence-corrected chi connectivity index (χ0v) is 19.7. The number of para-hydroxylation sites is 1. The number of anilines is 1. The van der Waals surface area contributed by atoms with Crippen LogP contribution in [0.3, 0.4) is 0 Å². The molecule has 1 atom stereocenters. The maximum Gasteiger partial charge on any atom is 0.247 e.